The number of hydrogen-bond donors (Lipinski definition) is 3. The molecule has 0 aliphatic carbocycles. The van der Waals surface area contributed by atoms with Crippen molar-refractivity contribution in [2.24, 2.45) is 0 Å². The van der Waals surface area contributed by atoms with Crippen molar-refractivity contribution in [3.8, 4) is 11.1 Å². The molecule has 12 heteroatoms. The molecule has 10 nitrogen and oxygen atoms in total. The van der Waals surface area contributed by atoms with Gasteiger partial charge in [-0.15, -0.1) is 0 Å². The first kappa shape index (κ1) is 19.5. The fraction of sp³-hybridized carbons (Fsp3) is 0.235. The van der Waals surface area contributed by atoms with Crippen LogP contribution in [0.4, 0.5) is 5.13 Å². The molecule has 29 heavy (non-hydrogen) atoms. The number of amides is 1. The minimum Gasteiger partial charge on any atom is -0.345 e. The molecule has 4 rings (SSSR count). The number of hydroxylamine groups is 1. The van der Waals surface area contributed by atoms with E-state index in [1.165, 1.54) is 10.5 Å². The highest BCUT2D eigenvalue weighted by molar-refractivity contribution is 7.89. The number of H-pyrrole nitrogens is 1. The molecule has 0 radical (unpaired) electrons. The Kier molecular flexibility index (Phi) is 5.32. The Balaban J connectivity index is 1.52. The molecule has 1 fully saturated rings. The van der Waals surface area contributed by atoms with Crippen LogP contribution in [0.2, 0.25) is 0 Å². The molecule has 1 saturated heterocycles. The summed E-state index contributed by atoms with van der Waals surface area (Å²) in [5.41, 5.74) is 2.89. The normalized spacial score (nSPS) is 15.4. The summed E-state index contributed by atoms with van der Waals surface area (Å²) < 4.78 is 28.0. The lowest BCUT2D eigenvalue weighted by Crippen LogP contribution is -2.48. The van der Waals surface area contributed by atoms with Crippen LogP contribution >= 0.6 is 11.3 Å². The number of carbonyl (C=O) groups excluding carboxylic acids is 1. The van der Waals surface area contributed by atoms with Crippen molar-refractivity contribution < 1.29 is 18.4 Å². The zero-order valence-electron chi connectivity index (χ0n) is 15.1. The lowest BCUT2D eigenvalue weighted by molar-refractivity contribution is 0.0710. The number of nitrogens with zero attached hydrogens (tertiary/aromatic N) is 4. The molecular weight excluding hydrogens is 416 g/mol. The smallest absolute Gasteiger partial charge is 0.286 e. The molecule has 152 valence electrons. The number of rotatable bonds is 5. The number of aromatic amines is 1. The van der Waals surface area contributed by atoms with E-state index >= 15 is 0 Å². The van der Waals surface area contributed by atoms with Gasteiger partial charge in [-0.3, -0.25) is 15.1 Å². The summed E-state index contributed by atoms with van der Waals surface area (Å²) in [5, 5.41) is 15.9. The lowest BCUT2D eigenvalue weighted by Gasteiger charge is -2.34. The van der Waals surface area contributed by atoms with Crippen molar-refractivity contribution >= 4 is 32.4 Å². The summed E-state index contributed by atoms with van der Waals surface area (Å²) in [6, 6.07) is 6.86. The first-order valence-corrected chi connectivity index (χ1v) is 11.0. The highest BCUT2D eigenvalue weighted by atomic mass is 32.2. The van der Waals surface area contributed by atoms with Gasteiger partial charge in [0, 0.05) is 43.5 Å². The van der Waals surface area contributed by atoms with Crippen molar-refractivity contribution in [1.82, 2.24) is 25.0 Å². The molecule has 0 bridgehead atoms. The van der Waals surface area contributed by atoms with Crippen LogP contribution in [0.25, 0.3) is 11.1 Å². The largest absolute Gasteiger partial charge is 0.345 e. The molecule has 3 N–H and O–H groups in total. The van der Waals surface area contributed by atoms with E-state index in [1.54, 1.807) is 42.1 Å². The number of aromatic nitrogens is 3. The van der Waals surface area contributed by atoms with E-state index in [0.717, 1.165) is 11.3 Å². The zero-order chi connectivity index (χ0) is 20.4. The Bertz CT molecular complexity index is 1100. The van der Waals surface area contributed by atoms with Crippen LogP contribution in [-0.2, 0) is 10.0 Å². The maximum Gasteiger partial charge on any atom is 0.286 e. The van der Waals surface area contributed by atoms with E-state index in [0.29, 0.717) is 42.4 Å². The number of anilines is 1. The fourth-order valence-electron chi connectivity index (χ4n) is 3.16. The number of benzene rings is 1. The summed E-state index contributed by atoms with van der Waals surface area (Å²) in [4.78, 5) is 18.1. The molecule has 3 heterocycles. The molecule has 1 aliphatic rings. The summed E-state index contributed by atoms with van der Waals surface area (Å²) in [5.74, 6) is -0.620. The number of nitrogens with one attached hydrogen (secondary N) is 2. The Labute approximate surface area is 170 Å². The number of carbonyl (C=O) groups is 1. The van der Waals surface area contributed by atoms with Gasteiger partial charge in [0.05, 0.1) is 17.3 Å². The minimum atomic E-state index is -3.69. The van der Waals surface area contributed by atoms with Crippen molar-refractivity contribution in [1.29, 1.82) is 0 Å². The lowest BCUT2D eigenvalue weighted by atomic mass is 10.1. The van der Waals surface area contributed by atoms with E-state index < -0.39 is 15.9 Å². The van der Waals surface area contributed by atoms with Gasteiger partial charge in [0.25, 0.3) is 5.91 Å². The summed E-state index contributed by atoms with van der Waals surface area (Å²) in [7, 11) is -3.69. The first-order chi connectivity index (χ1) is 14.0. The predicted octanol–water partition coefficient (Wildman–Crippen LogP) is 1.16. The van der Waals surface area contributed by atoms with Crippen LogP contribution in [0, 0.1) is 0 Å². The molecule has 1 amide bonds. The molecule has 2 aromatic heterocycles. The Morgan fingerprint density at radius 1 is 1.17 bits per heavy atom. The third-order valence-electron chi connectivity index (χ3n) is 4.64. The second kappa shape index (κ2) is 7.91. The van der Waals surface area contributed by atoms with E-state index in [4.69, 9.17) is 5.21 Å². The van der Waals surface area contributed by atoms with Crippen molar-refractivity contribution in [2.75, 3.05) is 31.1 Å². The fourth-order valence-corrected chi connectivity index (χ4v) is 5.65. The first-order valence-electron chi connectivity index (χ1n) is 8.74. The topological polar surface area (TPSA) is 132 Å². The van der Waals surface area contributed by atoms with Crippen LogP contribution in [0.3, 0.4) is 0 Å². The minimum absolute atomic E-state index is 0.242. The SMILES string of the molecule is O=C(NO)c1cnc(N2CCN(S(=O)(=O)c3ccccc3-c3cn[nH]c3)CC2)s1. The standard InChI is InChI=1S/C17H18N6O4S2/c24-16(21-25)14-11-18-17(28-14)22-5-7-23(8-6-22)29(26,27)15-4-2-1-3-13(15)12-9-19-20-10-12/h1-4,9-11,25H,5-8H2,(H,19,20)(H,21,24). The average molecular weight is 435 g/mol. The van der Waals surface area contributed by atoms with Crippen LogP contribution in [0.15, 0.2) is 47.8 Å². The van der Waals surface area contributed by atoms with Crippen LogP contribution in [-0.4, -0.2) is 65.2 Å². The van der Waals surface area contributed by atoms with Crippen molar-refractivity contribution in [3.63, 3.8) is 0 Å². The van der Waals surface area contributed by atoms with Gasteiger partial charge in [-0.05, 0) is 6.07 Å². The molecule has 0 atom stereocenters. The predicted molar refractivity (Wildman–Crippen MR) is 106 cm³/mol. The van der Waals surface area contributed by atoms with Crippen LogP contribution in [0.1, 0.15) is 9.67 Å². The molecule has 1 aliphatic heterocycles. The Morgan fingerprint density at radius 3 is 2.62 bits per heavy atom. The van der Waals surface area contributed by atoms with Gasteiger partial charge < -0.3 is 4.90 Å². The van der Waals surface area contributed by atoms with Gasteiger partial charge in [-0.1, -0.05) is 29.5 Å². The monoisotopic (exact) mass is 434 g/mol. The quantitative estimate of drug-likeness (QED) is 0.406. The number of hydrogen-bond acceptors (Lipinski definition) is 8. The van der Waals surface area contributed by atoms with Gasteiger partial charge in [-0.25, -0.2) is 18.9 Å². The van der Waals surface area contributed by atoms with E-state index in [9.17, 15) is 13.2 Å². The maximum absolute atomic E-state index is 13.3. The highest BCUT2D eigenvalue weighted by Crippen LogP contribution is 2.30. The zero-order valence-corrected chi connectivity index (χ0v) is 16.8. The molecule has 3 aromatic rings. The van der Waals surface area contributed by atoms with Gasteiger partial charge >= 0.3 is 0 Å². The maximum atomic E-state index is 13.3. The van der Waals surface area contributed by atoms with Crippen LogP contribution < -0.4 is 10.4 Å². The second-order valence-electron chi connectivity index (χ2n) is 6.32. The molecule has 0 saturated carbocycles. The van der Waals surface area contributed by atoms with E-state index in [-0.39, 0.29) is 9.77 Å². The third kappa shape index (κ3) is 3.74. The van der Waals surface area contributed by atoms with E-state index in [2.05, 4.69) is 15.2 Å². The van der Waals surface area contributed by atoms with Gasteiger partial charge in [0.15, 0.2) is 5.13 Å². The summed E-state index contributed by atoms with van der Waals surface area (Å²) in [6.07, 6.45) is 4.64. The number of piperazine rings is 1. The summed E-state index contributed by atoms with van der Waals surface area (Å²) in [6.45, 7) is 1.48. The van der Waals surface area contributed by atoms with Crippen molar-refractivity contribution in [3.05, 3.63) is 47.7 Å². The number of thiazole rings is 1. The van der Waals surface area contributed by atoms with E-state index in [1.807, 2.05) is 4.90 Å². The molecule has 0 spiro atoms. The average Bonchev–Trinajstić information content (AvgIpc) is 3.45. The highest BCUT2D eigenvalue weighted by Gasteiger charge is 2.31. The Morgan fingerprint density at radius 2 is 1.93 bits per heavy atom. The molecular formula is C17H18N6O4S2. The molecule has 1 aromatic carbocycles. The van der Waals surface area contributed by atoms with Gasteiger partial charge in [-0.2, -0.15) is 9.40 Å². The summed E-state index contributed by atoms with van der Waals surface area (Å²) >= 11 is 1.14. The molecule has 0 unspecified atom stereocenters. The van der Waals surface area contributed by atoms with Crippen LogP contribution in [0.5, 0.6) is 0 Å². The van der Waals surface area contributed by atoms with Gasteiger partial charge in [0.1, 0.15) is 4.88 Å². The second-order valence-corrected chi connectivity index (χ2v) is 9.24. The Hall–Kier alpha value is -2.80. The number of sulfonamides is 1. The van der Waals surface area contributed by atoms with Crippen molar-refractivity contribution in [2.45, 2.75) is 4.90 Å². The third-order valence-corrected chi connectivity index (χ3v) is 7.66. The van der Waals surface area contributed by atoms with Gasteiger partial charge in [0.2, 0.25) is 10.0 Å².